The smallest absolute Gasteiger partial charge is 0.161 e. The van der Waals surface area contributed by atoms with Gasteiger partial charge in [-0.1, -0.05) is 6.07 Å². The number of hydrogen-bond donors (Lipinski definition) is 0. The maximum absolute atomic E-state index is 13.2. The number of benzene rings is 1. The Balaban J connectivity index is 1.87. The summed E-state index contributed by atoms with van der Waals surface area (Å²) < 4.78 is 28.1. The molecule has 0 saturated heterocycles. The monoisotopic (exact) mass is 259 g/mol. The predicted molar refractivity (Wildman–Crippen MR) is 67.6 cm³/mol. The molecule has 0 aliphatic rings. The van der Waals surface area contributed by atoms with Crippen molar-refractivity contribution in [2.24, 2.45) is 0 Å². The minimum Gasteiger partial charge on any atom is -0.330 e. The van der Waals surface area contributed by atoms with E-state index in [4.69, 9.17) is 0 Å². The molecule has 2 heterocycles. The van der Waals surface area contributed by atoms with E-state index >= 15 is 0 Å². The standard InChI is InChI=1S/C14H11F2N3/c15-11-7-13-14(8-12(11)16)19(9-18-13)6-4-10-3-1-2-5-17-10/h1-3,5,7-9H,4,6H2. The second-order valence-electron chi connectivity index (χ2n) is 4.26. The number of halogens is 2. The highest BCUT2D eigenvalue weighted by atomic mass is 19.2. The van der Waals surface area contributed by atoms with Gasteiger partial charge in [0.2, 0.25) is 0 Å². The lowest BCUT2D eigenvalue weighted by molar-refractivity contribution is 0.510. The van der Waals surface area contributed by atoms with Crippen LogP contribution in [0.25, 0.3) is 11.0 Å². The lowest BCUT2D eigenvalue weighted by Crippen LogP contribution is -2.01. The summed E-state index contributed by atoms with van der Waals surface area (Å²) in [5, 5.41) is 0. The summed E-state index contributed by atoms with van der Waals surface area (Å²) in [7, 11) is 0. The first-order valence-electron chi connectivity index (χ1n) is 5.94. The fraction of sp³-hybridized carbons (Fsp3) is 0.143. The Morgan fingerprint density at radius 1 is 1.05 bits per heavy atom. The molecule has 0 N–H and O–H groups in total. The molecule has 0 spiro atoms. The SMILES string of the molecule is Fc1cc2ncn(CCc3ccccn3)c2cc1F. The molecule has 0 radical (unpaired) electrons. The zero-order valence-electron chi connectivity index (χ0n) is 10.1. The minimum atomic E-state index is -0.873. The third-order valence-electron chi connectivity index (χ3n) is 3.00. The van der Waals surface area contributed by atoms with Gasteiger partial charge in [-0.2, -0.15) is 0 Å². The van der Waals surface area contributed by atoms with Crippen LogP contribution >= 0.6 is 0 Å². The number of fused-ring (bicyclic) bond motifs is 1. The van der Waals surface area contributed by atoms with Crippen LogP contribution in [-0.2, 0) is 13.0 Å². The molecule has 19 heavy (non-hydrogen) atoms. The third-order valence-corrected chi connectivity index (χ3v) is 3.00. The Bertz CT molecular complexity index is 707. The fourth-order valence-corrected chi connectivity index (χ4v) is 2.01. The van der Waals surface area contributed by atoms with Crippen LogP contribution in [0, 0.1) is 11.6 Å². The predicted octanol–water partition coefficient (Wildman–Crippen LogP) is 2.95. The van der Waals surface area contributed by atoms with Gasteiger partial charge in [-0.3, -0.25) is 4.98 Å². The topological polar surface area (TPSA) is 30.7 Å². The van der Waals surface area contributed by atoms with Crippen LogP contribution in [0.2, 0.25) is 0 Å². The van der Waals surface area contributed by atoms with Crippen LogP contribution in [0.3, 0.4) is 0 Å². The van der Waals surface area contributed by atoms with Crippen molar-refractivity contribution in [1.82, 2.24) is 14.5 Å². The number of nitrogens with zero attached hydrogens (tertiary/aromatic N) is 3. The molecule has 0 amide bonds. The Morgan fingerprint density at radius 3 is 2.68 bits per heavy atom. The normalized spacial score (nSPS) is 11.1. The number of aromatic nitrogens is 3. The van der Waals surface area contributed by atoms with Crippen LogP contribution in [-0.4, -0.2) is 14.5 Å². The summed E-state index contributed by atoms with van der Waals surface area (Å²) in [4.78, 5) is 8.29. The van der Waals surface area contributed by atoms with Crippen LogP contribution in [0.15, 0.2) is 42.9 Å². The highest BCUT2D eigenvalue weighted by Gasteiger charge is 2.09. The molecule has 2 aromatic heterocycles. The quantitative estimate of drug-likeness (QED) is 0.724. The van der Waals surface area contributed by atoms with Gasteiger partial charge >= 0.3 is 0 Å². The van der Waals surface area contributed by atoms with Gasteiger partial charge in [-0.05, 0) is 12.1 Å². The molecule has 3 nitrogen and oxygen atoms in total. The van der Waals surface area contributed by atoms with E-state index in [2.05, 4.69) is 9.97 Å². The van der Waals surface area contributed by atoms with Crippen molar-refractivity contribution in [3.8, 4) is 0 Å². The van der Waals surface area contributed by atoms with E-state index in [1.165, 1.54) is 6.07 Å². The second kappa shape index (κ2) is 4.76. The van der Waals surface area contributed by atoms with Gasteiger partial charge in [0.15, 0.2) is 11.6 Å². The lowest BCUT2D eigenvalue weighted by Gasteiger charge is -2.04. The molecule has 0 saturated carbocycles. The summed E-state index contributed by atoms with van der Waals surface area (Å²) in [5.74, 6) is -1.73. The molecule has 0 fully saturated rings. The van der Waals surface area contributed by atoms with Crippen molar-refractivity contribution >= 4 is 11.0 Å². The summed E-state index contributed by atoms with van der Waals surface area (Å²) in [6, 6.07) is 8.00. The molecule has 0 aliphatic heterocycles. The Hall–Kier alpha value is -2.30. The van der Waals surface area contributed by atoms with Gasteiger partial charge in [-0.15, -0.1) is 0 Å². The molecule has 5 heteroatoms. The third kappa shape index (κ3) is 2.31. The molecule has 0 atom stereocenters. The van der Waals surface area contributed by atoms with E-state index < -0.39 is 11.6 Å². The minimum absolute atomic E-state index is 0.458. The summed E-state index contributed by atoms with van der Waals surface area (Å²) in [6.45, 7) is 0.624. The van der Waals surface area contributed by atoms with Gasteiger partial charge in [-0.25, -0.2) is 13.8 Å². The van der Waals surface area contributed by atoms with Crippen LogP contribution in [0.1, 0.15) is 5.69 Å². The average Bonchev–Trinajstić information content (AvgIpc) is 2.80. The molecule has 1 aromatic carbocycles. The van der Waals surface area contributed by atoms with Crippen LogP contribution < -0.4 is 0 Å². The molecule has 0 bridgehead atoms. The van der Waals surface area contributed by atoms with E-state index in [9.17, 15) is 8.78 Å². The van der Waals surface area contributed by atoms with Crippen LogP contribution in [0.5, 0.6) is 0 Å². The Labute approximate surface area is 108 Å². The summed E-state index contributed by atoms with van der Waals surface area (Å²) >= 11 is 0. The molecular formula is C14H11F2N3. The van der Waals surface area contributed by atoms with Gasteiger partial charge in [0, 0.05) is 37.0 Å². The van der Waals surface area contributed by atoms with Gasteiger partial charge in [0.1, 0.15) is 0 Å². The summed E-state index contributed by atoms with van der Waals surface area (Å²) in [5.41, 5.74) is 2.00. The highest BCUT2D eigenvalue weighted by molar-refractivity contribution is 5.75. The van der Waals surface area contributed by atoms with Gasteiger partial charge in [0.05, 0.1) is 17.4 Å². The molecule has 0 aliphatic carbocycles. The zero-order valence-corrected chi connectivity index (χ0v) is 10.1. The van der Waals surface area contributed by atoms with Gasteiger partial charge < -0.3 is 4.57 Å². The van der Waals surface area contributed by atoms with Gasteiger partial charge in [0.25, 0.3) is 0 Å². The van der Waals surface area contributed by atoms with Crippen LogP contribution in [0.4, 0.5) is 8.78 Å². The van der Waals surface area contributed by atoms with E-state index in [0.29, 0.717) is 24.0 Å². The van der Waals surface area contributed by atoms with E-state index in [1.54, 1.807) is 17.1 Å². The molecule has 96 valence electrons. The van der Waals surface area contributed by atoms with Crippen molar-refractivity contribution in [3.05, 3.63) is 60.2 Å². The van der Waals surface area contributed by atoms with E-state index in [0.717, 1.165) is 11.8 Å². The first-order valence-corrected chi connectivity index (χ1v) is 5.94. The first kappa shape index (κ1) is 11.8. The average molecular weight is 259 g/mol. The highest BCUT2D eigenvalue weighted by Crippen LogP contribution is 2.17. The zero-order chi connectivity index (χ0) is 13.2. The molecule has 0 unspecified atom stereocenters. The number of imidazole rings is 1. The number of aryl methyl sites for hydroxylation is 2. The van der Waals surface area contributed by atoms with Crippen molar-refractivity contribution in [2.75, 3.05) is 0 Å². The molecular weight excluding hydrogens is 248 g/mol. The maximum Gasteiger partial charge on any atom is 0.161 e. The largest absolute Gasteiger partial charge is 0.330 e. The fourth-order valence-electron chi connectivity index (χ4n) is 2.01. The second-order valence-corrected chi connectivity index (χ2v) is 4.26. The Kier molecular flexibility index (Phi) is 2.95. The van der Waals surface area contributed by atoms with Crippen molar-refractivity contribution < 1.29 is 8.78 Å². The Morgan fingerprint density at radius 2 is 1.89 bits per heavy atom. The maximum atomic E-state index is 13.2. The lowest BCUT2D eigenvalue weighted by atomic mass is 10.2. The molecule has 3 rings (SSSR count). The van der Waals surface area contributed by atoms with Crippen molar-refractivity contribution in [1.29, 1.82) is 0 Å². The number of pyridine rings is 1. The molecule has 3 aromatic rings. The van der Waals surface area contributed by atoms with Crippen molar-refractivity contribution in [3.63, 3.8) is 0 Å². The number of rotatable bonds is 3. The summed E-state index contributed by atoms with van der Waals surface area (Å²) in [6.07, 6.45) is 4.04. The van der Waals surface area contributed by atoms with Crippen molar-refractivity contribution in [2.45, 2.75) is 13.0 Å². The number of hydrogen-bond acceptors (Lipinski definition) is 2. The van der Waals surface area contributed by atoms with E-state index in [-0.39, 0.29) is 0 Å². The van der Waals surface area contributed by atoms with E-state index in [1.807, 2.05) is 18.2 Å². The first-order chi connectivity index (χ1) is 9.24.